The molecule has 0 aromatic carbocycles. The molecule has 0 aromatic rings. The van der Waals surface area contributed by atoms with Gasteiger partial charge in [-0.1, -0.05) is 0 Å². The van der Waals surface area contributed by atoms with Crippen LogP contribution in [0.15, 0.2) is 0 Å². The van der Waals surface area contributed by atoms with Crippen molar-refractivity contribution >= 4 is 7.37 Å². The van der Waals surface area contributed by atoms with Crippen LogP contribution in [0.5, 0.6) is 0 Å². The smallest absolute Gasteiger partial charge is 0.222 e. The molecule has 0 aromatic heterocycles. The molecule has 0 spiro atoms. The molecule has 0 bridgehead atoms. The first kappa shape index (κ1) is 11.1. The van der Waals surface area contributed by atoms with Gasteiger partial charge in [-0.05, 0) is 0 Å². The molecule has 0 saturated carbocycles. The minimum Gasteiger partial charge on any atom is -0.386 e. The first-order valence-electron chi connectivity index (χ1n) is 1.46. The largest absolute Gasteiger partial charge is 0.386 e. The van der Waals surface area contributed by atoms with E-state index in [1.165, 1.54) is 0 Å². The van der Waals surface area contributed by atoms with Gasteiger partial charge in [0.15, 0.2) is 0 Å². The molecule has 0 aliphatic carbocycles. The fraction of sp³-hybridized carbons (Fsp3) is 1.00. The van der Waals surface area contributed by atoms with E-state index in [9.17, 15) is 4.57 Å². The third-order valence-electron chi connectivity index (χ3n) is 0.262. The summed E-state index contributed by atoms with van der Waals surface area (Å²) in [5.41, 5.74) is 0. The molecule has 1 unspecified atom stereocenters. The van der Waals surface area contributed by atoms with E-state index in [2.05, 4.69) is 0 Å². The monoisotopic (exact) mass is 199 g/mol. The van der Waals surface area contributed by atoms with Gasteiger partial charge in [0.2, 0.25) is 7.37 Å². The molecule has 0 aliphatic rings. The molecule has 1 atom stereocenters. The molecular weight excluding hydrogens is 192 g/mol. The predicted molar refractivity (Wildman–Crippen MR) is 22.8 cm³/mol. The Morgan fingerprint density at radius 1 is 1.71 bits per heavy atom. The van der Waals surface area contributed by atoms with Crippen molar-refractivity contribution in [3.8, 4) is 0 Å². The summed E-state index contributed by atoms with van der Waals surface area (Å²) < 4.78 is 9.89. The topological polar surface area (TPSA) is 57.5 Å². The summed E-state index contributed by atoms with van der Waals surface area (Å²) in [6.45, 7) is 1.10. The molecule has 0 rings (SSSR count). The minimum atomic E-state index is -3.09. The van der Waals surface area contributed by atoms with Crippen molar-refractivity contribution in [2.45, 2.75) is 0 Å². The summed E-state index contributed by atoms with van der Waals surface area (Å²) in [5.74, 6) is 0. The molecule has 1 radical (unpaired) electrons. The number of aliphatic hydroxyl groups excluding tert-OH is 1. The Balaban J connectivity index is 0. The van der Waals surface area contributed by atoms with Crippen LogP contribution in [0.2, 0.25) is 0 Å². The van der Waals surface area contributed by atoms with Gasteiger partial charge in [0.05, 0.1) is 0 Å². The summed E-state index contributed by atoms with van der Waals surface area (Å²) in [4.78, 5) is 8.13. The van der Waals surface area contributed by atoms with E-state index in [0.29, 0.717) is 0 Å². The van der Waals surface area contributed by atoms with E-state index in [-0.39, 0.29) is 32.7 Å². The van der Waals surface area contributed by atoms with Gasteiger partial charge >= 0.3 is 0 Å². The van der Waals surface area contributed by atoms with Gasteiger partial charge in [0.25, 0.3) is 0 Å². The SMILES string of the molecule is CP(=O)(O)CO.[Y]. The Labute approximate surface area is 67.5 Å². The third-order valence-corrected chi connectivity index (χ3v) is 0.787. The maximum atomic E-state index is 9.89. The fourth-order valence-electron chi connectivity index (χ4n) is 0. The third kappa shape index (κ3) is 11.1. The van der Waals surface area contributed by atoms with Gasteiger partial charge in [0.1, 0.15) is 6.35 Å². The molecule has 0 aliphatic heterocycles. The molecule has 2 N–H and O–H groups in total. The Hall–Kier alpha value is 1.25. The van der Waals surface area contributed by atoms with Crippen LogP contribution in [0.4, 0.5) is 0 Å². The summed E-state index contributed by atoms with van der Waals surface area (Å²) in [6, 6.07) is 0. The van der Waals surface area contributed by atoms with Crippen LogP contribution in [0.3, 0.4) is 0 Å². The second kappa shape index (κ2) is 4.16. The van der Waals surface area contributed by atoms with Crippen LogP contribution >= 0.6 is 7.37 Å². The van der Waals surface area contributed by atoms with Crippen molar-refractivity contribution in [2.75, 3.05) is 13.0 Å². The van der Waals surface area contributed by atoms with Gasteiger partial charge in [0, 0.05) is 39.4 Å². The second-order valence-corrected chi connectivity index (χ2v) is 3.58. The minimum absolute atomic E-state index is 0. The van der Waals surface area contributed by atoms with E-state index in [4.69, 9.17) is 10.00 Å². The molecular formula is C2H7O3PY. The normalized spacial score (nSPS) is 17.0. The van der Waals surface area contributed by atoms with Crippen LogP contribution in [0, 0.1) is 0 Å². The van der Waals surface area contributed by atoms with Crippen LogP contribution < -0.4 is 0 Å². The summed E-state index contributed by atoms with van der Waals surface area (Å²) >= 11 is 0. The van der Waals surface area contributed by atoms with Crippen LogP contribution in [0.25, 0.3) is 0 Å². The maximum Gasteiger partial charge on any atom is 0.222 e. The fourth-order valence-corrected chi connectivity index (χ4v) is 0. The zero-order chi connectivity index (χ0) is 5.21. The second-order valence-electron chi connectivity index (χ2n) is 1.19. The number of aliphatic hydroxyl groups is 1. The predicted octanol–water partition coefficient (Wildman–Crippen LogP) is -0.166. The van der Waals surface area contributed by atoms with Crippen molar-refractivity contribution in [3.63, 3.8) is 0 Å². The molecule has 7 heavy (non-hydrogen) atoms. The van der Waals surface area contributed by atoms with Crippen molar-refractivity contribution < 1.29 is 47.3 Å². The Bertz CT molecular complexity index is 77.0. The average molecular weight is 199 g/mol. The molecule has 0 fully saturated rings. The molecule has 0 amide bonds. The van der Waals surface area contributed by atoms with Crippen LogP contribution in [-0.2, 0) is 37.3 Å². The van der Waals surface area contributed by atoms with E-state index in [0.717, 1.165) is 6.66 Å². The Morgan fingerprint density at radius 2 is 1.86 bits per heavy atom. The van der Waals surface area contributed by atoms with Gasteiger partial charge in [-0.2, -0.15) is 0 Å². The summed E-state index contributed by atoms with van der Waals surface area (Å²) in [7, 11) is -3.09. The molecule has 41 valence electrons. The van der Waals surface area contributed by atoms with E-state index < -0.39 is 13.7 Å². The average Bonchev–Trinajstić information content (AvgIpc) is 1.35. The number of rotatable bonds is 1. The Kier molecular flexibility index (Phi) is 6.61. The van der Waals surface area contributed by atoms with Gasteiger partial charge in [-0.3, -0.25) is 4.57 Å². The van der Waals surface area contributed by atoms with E-state index in [1.54, 1.807) is 0 Å². The Morgan fingerprint density at radius 3 is 1.86 bits per heavy atom. The first-order chi connectivity index (χ1) is 2.56. The van der Waals surface area contributed by atoms with Gasteiger partial charge in [-0.15, -0.1) is 0 Å². The number of hydrogen-bond donors (Lipinski definition) is 2. The molecule has 5 heteroatoms. The first-order valence-corrected chi connectivity index (χ1v) is 3.75. The summed E-state index contributed by atoms with van der Waals surface area (Å²) in [6.07, 6.45) is -0.618. The standard InChI is InChI=1S/C2H7O3P.Y/c1-6(4,5)2-3;/h3H,2H2,1H3,(H,4,5);. The zero-order valence-corrected chi connectivity index (χ0v) is 7.77. The van der Waals surface area contributed by atoms with Gasteiger partial charge < -0.3 is 10.00 Å². The maximum absolute atomic E-state index is 9.89. The van der Waals surface area contributed by atoms with Crippen molar-refractivity contribution in [1.29, 1.82) is 0 Å². The van der Waals surface area contributed by atoms with Crippen molar-refractivity contribution in [1.82, 2.24) is 0 Å². The molecule has 0 saturated heterocycles. The molecule has 3 nitrogen and oxygen atoms in total. The van der Waals surface area contributed by atoms with E-state index in [1.807, 2.05) is 0 Å². The number of hydrogen-bond acceptors (Lipinski definition) is 2. The van der Waals surface area contributed by atoms with Crippen LogP contribution in [0.1, 0.15) is 0 Å². The van der Waals surface area contributed by atoms with E-state index >= 15 is 0 Å². The zero-order valence-electron chi connectivity index (χ0n) is 4.03. The quantitative estimate of drug-likeness (QED) is 0.576. The van der Waals surface area contributed by atoms with Crippen LogP contribution in [-0.4, -0.2) is 23.0 Å². The summed E-state index contributed by atoms with van der Waals surface area (Å²) in [5, 5.41) is 7.89. The van der Waals surface area contributed by atoms with Crippen molar-refractivity contribution in [2.24, 2.45) is 0 Å². The molecule has 0 heterocycles. The van der Waals surface area contributed by atoms with Gasteiger partial charge in [-0.25, -0.2) is 0 Å². The van der Waals surface area contributed by atoms with Crippen molar-refractivity contribution in [3.05, 3.63) is 0 Å².